The van der Waals surface area contributed by atoms with E-state index in [9.17, 15) is 0 Å². The molecule has 0 aromatic heterocycles. The Morgan fingerprint density at radius 3 is 1.30 bits per heavy atom. The Morgan fingerprint density at radius 2 is 0.975 bits per heavy atom. The quantitative estimate of drug-likeness (QED) is 0.276. The summed E-state index contributed by atoms with van der Waals surface area (Å²) < 4.78 is 35.0. The number of hydrogen-bond donors (Lipinski definition) is 0. The van der Waals surface area contributed by atoms with Gasteiger partial charge in [0.25, 0.3) is 0 Å². The lowest BCUT2D eigenvalue weighted by Gasteiger charge is -2.55. The standard InChI is InChI=1S/C32H46N2O6/c1-7-13-35-31-15-25(9-11-29(31)39-19-27-17-37-27)33-21(3)23(5)34(24(6)22(33)4)26-10-12-30(40-20-28-18-38-28)32(16-26)36-14-8-2/h9-12,15-16,21-24,27-28H,7-8,13-14,17-20H2,1-6H3. The maximum atomic E-state index is 6.14. The zero-order valence-corrected chi connectivity index (χ0v) is 24.9. The van der Waals surface area contributed by atoms with Gasteiger partial charge >= 0.3 is 0 Å². The summed E-state index contributed by atoms with van der Waals surface area (Å²) >= 11 is 0. The monoisotopic (exact) mass is 554 g/mol. The highest BCUT2D eigenvalue weighted by Crippen LogP contribution is 2.41. The second-order valence-corrected chi connectivity index (χ2v) is 11.3. The van der Waals surface area contributed by atoms with Gasteiger partial charge in [-0.25, -0.2) is 0 Å². The SMILES string of the molecule is CCCOc1cc(N2C(C)C(C)N(c3ccc(OCC4CO4)c(OCCC)c3)C(C)C2C)ccc1OCC1CO1. The fourth-order valence-corrected chi connectivity index (χ4v) is 5.51. The van der Waals surface area contributed by atoms with Crippen molar-refractivity contribution in [3.05, 3.63) is 36.4 Å². The van der Waals surface area contributed by atoms with Crippen LogP contribution in [0.15, 0.2) is 36.4 Å². The van der Waals surface area contributed by atoms with Gasteiger partial charge in [-0.2, -0.15) is 0 Å². The van der Waals surface area contributed by atoms with Crippen LogP contribution in [0.25, 0.3) is 0 Å². The lowest BCUT2D eigenvalue weighted by atomic mass is 9.92. The van der Waals surface area contributed by atoms with Crippen molar-refractivity contribution in [2.24, 2.45) is 0 Å². The number of piperazine rings is 1. The number of benzene rings is 2. The van der Waals surface area contributed by atoms with E-state index in [-0.39, 0.29) is 36.4 Å². The molecule has 8 nitrogen and oxygen atoms in total. The van der Waals surface area contributed by atoms with Crippen LogP contribution in [0.5, 0.6) is 23.0 Å². The van der Waals surface area contributed by atoms with Crippen molar-refractivity contribution in [2.75, 3.05) is 49.4 Å². The van der Waals surface area contributed by atoms with Gasteiger partial charge in [0.15, 0.2) is 23.0 Å². The van der Waals surface area contributed by atoms with Crippen molar-refractivity contribution < 1.29 is 28.4 Å². The van der Waals surface area contributed by atoms with E-state index in [4.69, 9.17) is 28.4 Å². The molecule has 8 heteroatoms. The molecule has 5 rings (SSSR count). The molecule has 2 aromatic carbocycles. The highest BCUT2D eigenvalue weighted by atomic mass is 16.6. The van der Waals surface area contributed by atoms with Crippen molar-refractivity contribution in [1.82, 2.24) is 0 Å². The van der Waals surface area contributed by atoms with E-state index >= 15 is 0 Å². The maximum Gasteiger partial charge on any atom is 0.163 e. The predicted molar refractivity (Wildman–Crippen MR) is 158 cm³/mol. The summed E-state index contributed by atoms with van der Waals surface area (Å²) in [5.41, 5.74) is 2.30. The van der Waals surface area contributed by atoms with Crippen LogP contribution in [0, 0.1) is 0 Å². The molecule has 2 aromatic rings. The fraction of sp³-hybridized carbons (Fsp3) is 0.625. The van der Waals surface area contributed by atoms with Crippen LogP contribution in [0.1, 0.15) is 54.4 Å². The summed E-state index contributed by atoms with van der Waals surface area (Å²) in [6.07, 6.45) is 2.29. The van der Waals surface area contributed by atoms with Crippen LogP contribution in [-0.4, -0.2) is 76.0 Å². The number of hydrogen-bond acceptors (Lipinski definition) is 8. The number of nitrogens with zero attached hydrogens (tertiary/aromatic N) is 2. The Morgan fingerprint density at radius 1 is 0.600 bits per heavy atom. The molecule has 0 aliphatic carbocycles. The zero-order chi connectivity index (χ0) is 28.2. The molecule has 3 heterocycles. The minimum atomic E-state index is 0.203. The van der Waals surface area contributed by atoms with E-state index < -0.39 is 0 Å². The van der Waals surface area contributed by atoms with Gasteiger partial charge in [-0.05, 0) is 64.8 Å². The Labute approximate surface area is 239 Å². The van der Waals surface area contributed by atoms with Crippen molar-refractivity contribution in [3.63, 3.8) is 0 Å². The first-order valence-electron chi connectivity index (χ1n) is 15.0. The van der Waals surface area contributed by atoms with E-state index in [0.29, 0.717) is 26.4 Å². The third kappa shape index (κ3) is 6.55. The Balaban J connectivity index is 1.37. The number of rotatable bonds is 14. The Bertz CT molecular complexity index is 1020. The largest absolute Gasteiger partial charge is 0.490 e. The molecule has 3 fully saturated rings. The van der Waals surface area contributed by atoms with E-state index in [1.165, 1.54) is 0 Å². The van der Waals surface area contributed by atoms with Gasteiger partial charge in [0.1, 0.15) is 25.4 Å². The topological polar surface area (TPSA) is 68.5 Å². The minimum Gasteiger partial charge on any atom is -0.490 e. The molecule has 3 aliphatic heterocycles. The fourth-order valence-electron chi connectivity index (χ4n) is 5.51. The highest BCUT2D eigenvalue weighted by molar-refractivity contribution is 5.63. The van der Waals surface area contributed by atoms with Crippen LogP contribution in [0.3, 0.4) is 0 Å². The van der Waals surface area contributed by atoms with Crippen molar-refractivity contribution >= 4 is 11.4 Å². The summed E-state index contributed by atoms with van der Waals surface area (Å²) in [6, 6.07) is 13.7. The summed E-state index contributed by atoms with van der Waals surface area (Å²) in [5, 5.41) is 0. The summed E-state index contributed by atoms with van der Waals surface area (Å²) in [5.74, 6) is 3.16. The molecule has 6 unspecified atom stereocenters. The van der Waals surface area contributed by atoms with Gasteiger partial charge in [0.2, 0.25) is 0 Å². The highest BCUT2D eigenvalue weighted by Gasteiger charge is 2.41. The molecule has 0 bridgehead atoms. The van der Waals surface area contributed by atoms with Crippen LogP contribution >= 0.6 is 0 Å². The molecule has 220 valence electrons. The summed E-state index contributed by atoms with van der Waals surface area (Å²) in [4.78, 5) is 5.06. The zero-order valence-electron chi connectivity index (χ0n) is 24.9. The van der Waals surface area contributed by atoms with Crippen LogP contribution in [0.4, 0.5) is 11.4 Å². The molecule has 6 atom stereocenters. The van der Waals surface area contributed by atoms with Crippen LogP contribution in [-0.2, 0) is 9.47 Å². The third-order valence-corrected chi connectivity index (χ3v) is 8.18. The molecule has 0 radical (unpaired) electrons. The Hall–Kier alpha value is -2.84. The number of anilines is 2. The lowest BCUT2D eigenvalue weighted by molar-refractivity contribution is 0.241. The first kappa shape index (κ1) is 28.7. The van der Waals surface area contributed by atoms with Crippen molar-refractivity contribution in [2.45, 2.75) is 90.8 Å². The summed E-state index contributed by atoms with van der Waals surface area (Å²) in [6.45, 7) is 17.4. The molecular formula is C32H46N2O6. The van der Waals surface area contributed by atoms with Crippen molar-refractivity contribution in [3.8, 4) is 23.0 Å². The minimum absolute atomic E-state index is 0.203. The van der Waals surface area contributed by atoms with E-state index in [1.54, 1.807) is 0 Å². The van der Waals surface area contributed by atoms with Gasteiger partial charge in [-0.3, -0.25) is 0 Å². The van der Waals surface area contributed by atoms with Crippen molar-refractivity contribution in [1.29, 1.82) is 0 Å². The van der Waals surface area contributed by atoms with E-state index in [2.05, 4.69) is 75.6 Å². The average Bonchev–Trinajstić information content (AvgIpc) is 3.89. The maximum absolute atomic E-state index is 6.14. The molecule has 0 spiro atoms. The smallest absolute Gasteiger partial charge is 0.163 e. The Kier molecular flexibility index (Phi) is 9.16. The molecule has 3 aliphatic rings. The molecule has 0 amide bonds. The second kappa shape index (κ2) is 12.8. The number of epoxide rings is 2. The first-order chi connectivity index (χ1) is 19.4. The van der Waals surface area contributed by atoms with E-state index in [0.717, 1.165) is 60.4 Å². The van der Waals surface area contributed by atoms with Gasteiger partial charge in [0.05, 0.1) is 26.4 Å². The second-order valence-electron chi connectivity index (χ2n) is 11.3. The average molecular weight is 555 g/mol. The van der Waals surface area contributed by atoms with Crippen LogP contribution in [0.2, 0.25) is 0 Å². The third-order valence-electron chi connectivity index (χ3n) is 8.18. The van der Waals surface area contributed by atoms with Gasteiger partial charge in [-0.1, -0.05) is 13.8 Å². The molecule has 0 N–H and O–H groups in total. The lowest BCUT2D eigenvalue weighted by Crippen LogP contribution is -2.66. The van der Waals surface area contributed by atoms with E-state index in [1.807, 2.05) is 12.1 Å². The van der Waals surface area contributed by atoms with Gasteiger partial charge in [0, 0.05) is 47.7 Å². The predicted octanol–water partition coefficient (Wildman–Crippen LogP) is 5.70. The molecular weight excluding hydrogens is 508 g/mol. The summed E-state index contributed by atoms with van der Waals surface area (Å²) in [7, 11) is 0. The molecule has 3 saturated heterocycles. The number of ether oxygens (including phenoxy) is 6. The molecule has 0 saturated carbocycles. The van der Waals surface area contributed by atoms with Crippen LogP contribution < -0.4 is 28.7 Å². The normalized spacial score (nSPS) is 27.4. The van der Waals surface area contributed by atoms with Gasteiger partial charge < -0.3 is 38.2 Å². The first-order valence-corrected chi connectivity index (χ1v) is 15.0. The van der Waals surface area contributed by atoms with Gasteiger partial charge in [-0.15, -0.1) is 0 Å². The molecule has 40 heavy (non-hydrogen) atoms.